The van der Waals surface area contributed by atoms with Gasteiger partial charge >= 0.3 is 0 Å². The zero-order valence-corrected chi connectivity index (χ0v) is 10.8. The monoisotopic (exact) mass is 239 g/mol. The summed E-state index contributed by atoms with van der Waals surface area (Å²) in [6.45, 7) is 4.19. The number of aryl methyl sites for hydroxylation is 1. The normalized spacial score (nSPS) is 10.2. The predicted octanol–water partition coefficient (Wildman–Crippen LogP) is 2.04. The van der Waals surface area contributed by atoms with Crippen molar-refractivity contribution < 1.29 is 9.59 Å². The highest BCUT2D eigenvalue weighted by molar-refractivity contribution is 7.10. The highest BCUT2D eigenvalue weighted by Gasteiger charge is 2.11. The number of ketones is 1. The van der Waals surface area contributed by atoms with Gasteiger partial charge in [0.05, 0.1) is 6.42 Å². The molecule has 0 saturated heterocycles. The molecule has 88 valence electrons. The number of carbonyl (C=O) groups excluding carboxylic acids is 2. The van der Waals surface area contributed by atoms with Gasteiger partial charge in [-0.15, -0.1) is 11.3 Å². The highest BCUT2D eigenvalue weighted by Crippen LogP contribution is 2.16. The second-order valence-corrected chi connectivity index (χ2v) is 4.97. The van der Waals surface area contributed by atoms with Crippen molar-refractivity contribution in [1.29, 1.82) is 0 Å². The summed E-state index contributed by atoms with van der Waals surface area (Å²) in [5.41, 5.74) is 1.28. The van der Waals surface area contributed by atoms with E-state index in [0.29, 0.717) is 6.54 Å². The molecule has 3 nitrogen and oxygen atoms in total. The van der Waals surface area contributed by atoms with E-state index in [9.17, 15) is 9.59 Å². The van der Waals surface area contributed by atoms with Crippen molar-refractivity contribution in [2.24, 2.45) is 0 Å². The Morgan fingerprint density at radius 3 is 2.62 bits per heavy atom. The van der Waals surface area contributed by atoms with E-state index >= 15 is 0 Å². The summed E-state index contributed by atoms with van der Waals surface area (Å²) >= 11 is 1.71. The van der Waals surface area contributed by atoms with Crippen molar-refractivity contribution in [3.8, 4) is 0 Å². The minimum Gasteiger partial charge on any atom is -0.345 e. The van der Waals surface area contributed by atoms with Gasteiger partial charge in [-0.05, 0) is 37.3 Å². The summed E-state index contributed by atoms with van der Waals surface area (Å²) in [4.78, 5) is 25.2. The Labute approximate surface area is 100 Å². The molecule has 0 bridgehead atoms. The Kier molecular flexibility index (Phi) is 4.68. The van der Waals surface area contributed by atoms with E-state index in [1.807, 2.05) is 0 Å². The van der Waals surface area contributed by atoms with Crippen LogP contribution in [-0.2, 0) is 16.0 Å². The van der Waals surface area contributed by atoms with Gasteiger partial charge in [-0.2, -0.15) is 0 Å². The SMILES string of the molecule is CC(=O)CC(=O)N(C)CCc1sccc1C. The lowest BCUT2D eigenvalue weighted by atomic mass is 10.2. The largest absolute Gasteiger partial charge is 0.345 e. The van der Waals surface area contributed by atoms with Crippen molar-refractivity contribution in [2.45, 2.75) is 26.7 Å². The van der Waals surface area contributed by atoms with Crippen LogP contribution < -0.4 is 0 Å². The molecule has 0 spiro atoms. The first-order valence-electron chi connectivity index (χ1n) is 5.27. The van der Waals surface area contributed by atoms with E-state index in [2.05, 4.69) is 18.4 Å². The molecule has 0 aliphatic rings. The smallest absolute Gasteiger partial charge is 0.229 e. The van der Waals surface area contributed by atoms with E-state index in [0.717, 1.165) is 6.42 Å². The third-order valence-electron chi connectivity index (χ3n) is 2.47. The van der Waals surface area contributed by atoms with Crippen LogP contribution in [0.1, 0.15) is 23.8 Å². The predicted molar refractivity (Wildman–Crippen MR) is 65.7 cm³/mol. The number of carbonyl (C=O) groups is 2. The molecule has 0 N–H and O–H groups in total. The zero-order valence-electron chi connectivity index (χ0n) is 9.95. The Bertz CT molecular complexity index is 384. The van der Waals surface area contributed by atoms with Crippen molar-refractivity contribution >= 4 is 23.0 Å². The van der Waals surface area contributed by atoms with Gasteiger partial charge in [-0.25, -0.2) is 0 Å². The Morgan fingerprint density at radius 1 is 1.44 bits per heavy atom. The molecule has 0 aromatic carbocycles. The van der Waals surface area contributed by atoms with Crippen LogP contribution in [0.5, 0.6) is 0 Å². The highest BCUT2D eigenvalue weighted by atomic mass is 32.1. The lowest BCUT2D eigenvalue weighted by molar-refractivity contribution is -0.133. The fraction of sp³-hybridized carbons (Fsp3) is 0.500. The van der Waals surface area contributed by atoms with Crippen LogP contribution in [0, 0.1) is 6.92 Å². The molecule has 4 heteroatoms. The molecule has 0 saturated carbocycles. The van der Waals surface area contributed by atoms with Gasteiger partial charge in [-0.3, -0.25) is 9.59 Å². The lowest BCUT2D eigenvalue weighted by Crippen LogP contribution is -2.29. The van der Waals surface area contributed by atoms with Crippen molar-refractivity contribution in [2.75, 3.05) is 13.6 Å². The average molecular weight is 239 g/mol. The quantitative estimate of drug-likeness (QED) is 0.737. The molecule has 1 rings (SSSR count). The van der Waals surface area contributed by atoms with Gasteiger partial charge in [-0.1, -0.05) is 0 Å². The molecular formula is C12H17NO2S. The minimum atomic E-state index is -0.0956. The Balaban J connectivity index is 2.41. The summed E-state index contributed by atoms with van der Waals surface area (Å²) in [5.74, 6) is -0.175. The summed E-state index contributed by atoms with van der Waals surface area (Å²) in [6, 6.07) is 2.08. The molecular weight excluding hydrogens is 222 g/mol. The van der Waals surface area contributed by atoms with Crippen LogP contribution in [-0.4, -0.2) is 30.2 Å². The molecule has 1 amide bonds. The molecule has 0 atom stereocenters. The first-order chi connectivity index (χ1) is 7.50. The van der Waals surface area contributed by atoms with Gasteiger partial charge in [0.2, 0.25) is 5.91 Å². The Morgan fingerprint density at radius 2 is 2.12 bits per heavy atom. The van der Waals surface area contributed by atoms with Crippen LogP contribution in [0.25, 0.3) is 0 Å². The topological polar surface area (TPSA) is 37.4 Å². The maximum atomic E-state index is 11.5. The van der Waals surface area contributed by atoms with Gasteiger partial charge in [0.25, 0.3) is 0 Å². The molecule has 0 aliphatic carbocycles. The van der Waals surface area contributed by atoms with Gasteiger partial charge in [0.1, 0.15) is 5.78 Å². The van der Waals surface area contributed by atoms with Crippen LogP contribution in [0.4, 0.5) is 0 Å². The number of thiophene rings is 1. The second-order valence-electron chi connectivity index (χ2n) is 3.97. The molecule has 1 aromatic heterocycles. The van der Waals surface area contributed by atoms with Gasteiger partial charge in [0.15, 0.2) is 0 Å². The first kappa shape index (κ1) is 12.9. The molecule has 1 heterocycles. The number of likely N-dealkylation sites (N-methyl/N-ethyl adjacent to an activating group) is 1. The maximum absolute atomic E-state index is 11.5. The van der Waals surface area contributed by atoms with Crippen LogP contribution >= 0.6 is 11.3 Å². The summed E-state index contributed by atoms with van der Waals surface area (Å²) in [5, 5.41) is 2.06. The molecule has 0 fully saturated rings. The van der Waals surface area contributed by atoms with E-state index in [-0.39, 0.29) is 18.1 Å². The summed E-state index contributed by atoms with van der Waals surface area (Å²) in [7, 11) is 1.74. The molecule has 0 radical (unpaired) electrons. The number of hydrogen-bond acceptors (Lipinski definition) is 3. The molecule has 16 heavy (non-hydrogen) atoms. The van der Waals surface area contributed by atoms with Gasteiger partial charge < -0.3 is 4.90 Å². The fourth-order valence-corrected chi connectivity index (χ4v) is 2.30. The van der Waals surface area contributed by atoms with Crippen molar-refractivity contribution in [1.82, 2.24) is 4.90 Å². The van der Waals surface area contributed by atoms with Crippen LogP contribution in [0.2, 0.25) is 0 Å². The number of rotatable bonds is 5. The number of amides is 1. The Hall–Kier alpha value is -1.16. The summed E-state index contributed by atoms with van der Waals surface area (Å²) < 4.78 is 0. The van der Waals surface area contributed by atoms with Crippen molar-refractivity contribution in [3.05, 3.63) is 21.9 Å². The summed E-state index contributed by atoms with van der Waals surface area (Å²) in [6.07, 6.45) is 0.879. The maximum Gasteiger partial charge on any atom is 0.229 e. The molecule has 0 aliphatic heterocycles. The van der Waals surface area contributed by atoms with E-state index in [4.69, 9.17) is 0 Å². The van der Waals surface area contributed by atoms with Crippen LogP contribution in [0.15, 0.2) is 11.4 Å². The lowest BCUT2D eigenvalue weighted by Gasteiger charge is -2.16. The van der Waals surface area contributed by atoms with Gasteiger partial charge in [0, 0.05) is 18.5 Å². The van der Waals surface area contributed by atoms with Crippen LogP contribution in [0.3, 0.4) is 0 Å². The second kappa shape index (κ2) is 5.80. The van der Waals surface area contributed by atoms with E-state index in [1.165, 1.54) is 17.4 Å². The standard InChI is InChI=1S/C12H17NO2S/c1-9-5-7-16-11(9)4-6-13(3)12(15)8-10(2)14/h5,7H,4,6,8H2,1-3H3. The minimum absolute atomic E-state index is 0.0138. The first-order valence-corrected chi connectivity index (χ1v) is 6.15. The molecule has 1 aromatic rings. The number of hydrogen-bond donors (Lipinski definition) is 0. The average Bonchev–Trinajstić information content (AvgIpc) is 2.59. The fourth-order valence-electron chi connectivity index (χ4n) is 1.40. The number of Topliss-reactive ketones (excluding diaryl/α,β-unsaturated/α-hetero) is 1. The van der Waals surface area contributed by atoms with E-state index in [1.54, 1.807) is 23.3 Å². The number of nitrogens with zero attached hydrogens (tertiary/aromatic N) is 1. The third-order valence-corrected chi connectivity index (χ3v) is 3.55. The van der Waals surface area contributed by atoms with E-state index < -0.39 is 0 Å². The zero-order chi connectivity index (χ0) is 12.1. The van der Waals surface area contributed by atoms with Crippen molar-refractivity contribution in [3.63, 3.8) is 0 Å². The molecule has 0 unspecified atom stereocenters. The third kappa shape index (κ3) is 3.77.